The molecular weight excluding hydrogens is 376 g/mol. The minimum Gasteiger partial charge on any atom is -0.497 e. The SMILES string of the molecule is COc1ccc(C2=C(Nc3ccccc3)C(=O)N(CCc3ccccc3)C2=O)cc1. The van der Waals surface area contributed by atoms with E-state index in [-0.39, 0.29) is 11.8 Å². The number of ether oxygens (including phenoxy) is 1. The summed E-state index contributed by atoms with van der Waals surface area (Å²) in [7, 11) is 1.59. The van der Waals surface area contributed by atoms with Gasteiger partial charge in [-0.25, -0.2) is 0 Å². The number of hydrogen-bond donors (Lipinski definition) is 1. The van der Waals surface area contributed by atoms with Crippen LogP contribution in [0.2, 0.25) is 0 Å². The van der Waals surface area contributed by atoms with E-state index in [0.29, 0.717) is 35.5 Å². The highest BCUT2D eigenvalue weighted by atomic mass is 16.5. The number of carbonyl (C=O) groups excluding carboxylic acids is 2. The van der Waals surface area contributed by atoms with Crippen LogP contribution in [0.3, 0.4) is 0 Å². The summed E-state index contributed by atoms with van der Waals surface area (Å²) in [5.74, 6) is 0.0831. The Balaban J connectivity index is 1.66. The van der Waals surface area contributed by atoms with Crippen LogP contribution in [0.5, 0.6) is 5.75 Å². The second-order valence-electron chi connectivity index (χ2n) is 6.97. The van der Waals surface area contributed by atoms with Crippen molar-refractivity contribution in [3.05, 3.63) is 102 Å². The van der Waals surface area contributed by atoms with Gasteiger partial charge in [-0.1, -0.05) is 60.7 Å². The lowest BCUT2D eigenvalue weighted by Crippen LogP contribution is -2.34. The van der Waals surface area contributed by atoms with Gasteiger partial charge in [0, 0.05) is 12.2 Å². The number of rotatable bonds is 7. The van der Waals surface area contributed by atoms with Crippen LogP contribution in [0.1, 0.15) is 11.1 Å². The molecule has 3 aromatic carbocycles. The second kappa shape index (κ2) is 8.66. The number of amides is 2. The number of para-hydroxylation sites is 1. The molecule has 0 saturated carbocycles. The number of nitrogens with one attached hydrogen (secondary N) is 1. The van der Waals surface area contributed by atoms with E-state index in [1.807, 2.05) is 60.7 Å². The van der Waals surface area contributed by atoms with Crippen LogP contribution in [0.25, 0.3) is 5.57 Å². The van der Waals surface area contributed by atoms with Crippen molar-refractivity contribution in [3.8, 4) is 5.75 Å². The fourth-order valence-electron chi connectivity index (χ4n) is 3.47. The normalized spacial score (nSPS) is 13.7. The van der Waals surface area contributed by atoms with Crippen molar-refractivity contribution in [2.75, 3.05) is 19.0 Å². The molecule has 4 rings (SSSR count). The van der Waals surface area contributed by atoms with Crippen LogP contribution in [0.15, 0.2) is 90.6 Å². The third kappa shape index (κ3) is 3.96. The highest BCUT2D eigenvalue weighted by Gasteiger charge is 2.38. The van der Waals surface area contributed by atoms with Gasteiger partial charge in [0.1, 0.15) is 11.4 Å². The van der Waals surface area contributed by atoms with E-state index in [1.165, 1.54) is 4.90 Å². The Bertz CT molecular complexity index is 1070. The van der Waals surface area contributed by atoms with Gasteiger partial charge in [-0.05, 0) is 41.8 Å². The Hall–Kier alpha value is -3.86. The smallest absolute Gasteiger partial charge is 0.278 e. The van der Waals surface area contributed by atoms with Crippen LogP contribution >= 0.6 is 0 Å². The number of carbonyl (C=O) groups is 2. The first kappa shape index (κ1) is 19.5. The number of imide groups is 1. The predicted molar refractivity (Wildman–Crippen MR) is 117 cm³/mol. The topological polar surface area (TPSA) is 58.6 Å². The van der Waals surface area contributed by atoms with Gasteiger partial charge in [0.2, 0.25) is 0 Å². The molecule has 1 aliphatic heterocycles. The molecule has 5 heteroatoms. The summed E-state index contributed by atoms with van der Waals surface area (Å²) in [6.07, 6.45) is 0.604. The van der Waals surface area contributed by atoms with E-state index in [9.17, 15) is 9.59 Å². The van der Waals surface area contributed by atoms with Gasteiger partial charge in [0.05, 0.1) is 12.7 Å². The second-order valence-corrected chi connectivity index (χ2v) is 6.97. The summed E-state index contributed by atoms with van der Waals surface area (Å²) in [6, 6.07) is 26.4. The average Bonchev–Trinajstić information content (AvgIpc) is 3.03. The van der Waals surface area contributed by atoms with Gasteiger partial charge in [0.15, 0.2) is 0 Å². The lowest BCUT2D eigenvalue weighted by Gasteiger charge is -2.15. The van der Waals surface area contributed by atoms with Gasteiger partial charge in [-0.3, -0.25) is 14.5 Å². The summed E-state index contributed by atoms with van der Waals surface area (Å²) in [5, 5.41) is 3.16. The van der Waals surface area contributed by atoms with Crippen LogP contribution in [0, 0.1) is 0 Å². The summed E-state index contributed by atoms with van der Waals surface area (Å²) in [4.78, 5) is 27.8. The zero-order chi connectivity index (χ0) is 20.9. The van der Waals surface area contributed by atoms with Crippen molar-refractivity contribution in [3.63, 3.8) is 0 Å². The molecule has 0 spiro atoms. The van der Waals surface area contributed by atoms with Crippen molar-refractivity contribution in [2.45, 2.75) is 6.42 Å². The molecule has 0 bridgehead atoms. The molecule has 0 unspecified atom stereocenters. The first-order chi connectivity index (χ1) is 14.7. The Labute approximate surface area is 175 Å². The Kier molecular flexibility index (Phi) is 5.61. The fraction of sp³-hybridized carbons (Fsp3) is 0.120. The molecule has 1 aliphatic rings. The number of benzene rings is 3. The minimum absolute atomic E-state index is 0.292. The van der Waals surface area contributed by atoms with Gasteiger partial charge in [-0.15, -0.1) is 0 Å². The zero-order valence-electron chi connectivity index (χ0n) is 16.7. The molecule has 150 valence electrons. The molecule has 3 aromatic rings. The van der Waals surface area contributed by atoms with Gasteiger partial charge >= 0.3 is 0 Å². The number of anilines is 1. The molecule has 0 aliphatic carbocycles. The zero-order valence-corrected chi connectivity index (χ0v) is 16.7. The molecule has 1 N–H and O–H groups in total. The summed E-state index contributed by atoms with van der Waals surface area (Å²) in [6.45, 7) is 0.321. The predicted octanol–water partition coefficient (Wildman–Crippen LogP) is 4.13. The van der Waals surface area contributed by atoms with E-state index in [4.69, 9.17) is 4.74 Å². The maximum absolute atomic E-state index is 13.3. The third-order valence-corrected chi connectivity index (χ3v) is 5.06. The quantitative estimate of drug-likeness (QED) is 0.608. The number of nitrogens with zero attached hydrogens (tertiary/aromatic N) is 1. The fourth-order valence-corrected chi connectivity index (χ4v) is 3.47. The van der Waals surface area contributed by atoms with Crippen LogP contribution < -0.4 is 10.1 Å². The molecule has 30 heavy (non-hydrogen) atoms. The van der Waals surface area contributed by atoms with E-state index in [0.717, 1.165) is 11.3 Å². The van der Waals surface area contributed by atoms with E-state index < -0.39 is 0 Å². The first-order valence-electron chi connectivity index (χ1n) is 9.78. The lowest BCUT2D eigenvalue weighted by molar-refractivity contribution is -0.136. The average molecular weight is 398 g/mol. The monoisotopic (exact) mass is 398 g/mol. The molecule has 0 fully saturated rings. The summed E-state index contributed by atoms with van der Waals surface area (Å²) < 4.78 is 5.22. The van der Waals surface area contributed by atoms with Crippen LogP contribution in [-0.2, 0) is 16.0 Å². The molecule has 2 amide bonds. The van der Waals surface area contributed by atoms with Gasteiger partial charge < -0.3 is 10.1 Å². The van der Waals surface area contributed by atoms with Crippen molar-refractivity contribution in [1.29, 1.82) is 0 Å². The largest absolute Gasteiger partial charge is 0.497 e. The molecule has 0 saturated heterocycles. The van der Waals surface area contributed by atoms with Crippen molar-refractivity contribution >= 4 is 23.1 Å². The van der Waals surface area contributed by atoms with Crippen molar-refractivity contribution < 1.29 is 14.3 Å². The Morgan fingerprint density at radius 2 is 1.43 bits per heavy atom. The summed E-state index contributed by atoms with van der Waals surface area (Å²) in [5.41, 5.74) is 3.18. The maximum atomic E-state index is 13.3. The summed E-state index contributed by atoms with van der Waals surface area (Å²) >= 11 is 0. The Morgan fingerprint density at radius 1 is 0.800 bits per heavy atom. The highest BCUT2D eigenvalue weighted by molar-refractivity contribution is 6.36. The molecule has 0 atom stereocenters. The van der Waals surface area contributed by atoms with Crippen LogP contribution in [-0.4, -0.2) is 30.4 Å². The highest BCUT2D eigenvalue weighted by Crippen LogP contribution is 2.31. The standard InChI is InChI=1S/C25H22N2O3/c1-30-21-14-12-19(13-15-21)22-23(26-20-10-6-3-7-11-20)25(29)27(24(22)28)17-16-18-8-4-2-5-9-18/h2-15,26H,16-17H2,1H3. The third-order valence-electron chi connectivity index (χ3n) is 5.06. The van der Waals surface area contributed by atoms with Crippen LogP contribution in [0.4, 0.5) is 5.69 Å². The number of hydrogen-bond acceptors (Lipinski definition) is 4. The number of methoxy groups -OCH3 is 1. The van der Waals surface area contributed by atoms with E-state index in [2.05, 4.69) is 5.32 Å². The van der Waals surface area contributed by atoms with Gasteiger partial charge in [0.25, 0.3) is 11.8 Å². The van der Waals surface area contributed by atoms with Gasteiger partial charge in [-0.2, -0.15) is 0 Å². The van der Waals surface area contributed by atoms with E-state index >= 15 is 0 Å². The van der Waals surface area contributed by atoms with Crippen molar-refractivity contribution in [2.24, 2.45) is 0 Å². The minimum atomic E-state index is -0.314. The van der Waals surface area contributed by atoms with E-state index in [1.54, 1.807) is 31.4 Å². The molecular formula is C25H22N2O3. The molecule has 0 radical (unpaired) electrons. The lowest BCUT2D eigenvalue weighted by atomic mass is 10.0. The molecule has 0 aromatic heterocycles. The Morgan fingerprint density at radius 3 is 2.07 bits per heavy atom. The maximum Gasteiger partial charge on any atom is 0.278 e. The first-order valence-corrected chi connectivity index (χ1v) is 9.78. The molecule has 1 heterocycles. The van der Waals surface area contributed by atoms with Crippen molar-refractivity contribution in [1.82, 2.24) is 4.90 Å². The molecule has 5 nitrogen and oxygen atoms in total.